The summed E-state index contributed by atoms with van der Waals surface area (Å²) in [5.74, 6) is -0.196. The van der Waals surface area contributed by atoms with Crippen LogP contribution in [0.25, 0.3) is 22.5 Å². The van der Waals surface area contributed by atoms with E-state index in [-0.39, 0.29) is 24.4 Å². The average molecular weight is 358 g/mol. The van der Waals surface area contributed by atoms with E-state index in [0.717, 1.165) is 0 Å². The minimum atomic E-state index is -0.539. The van der Waals surface area contributed by atoms with Crippen LogP contribution in [0.5, 0.6) is 0 Å². The monoisotopic (exact) mass is 358 g/mol. The number of hydrogen-bond acceptors (Lipinski definition) is 7. The fraction of sp³-hybridized carbons (Fsp3) is 0.389. The summed E-state index contributed by atoms with van der Waals surface area (Å²) in [4.78, 5) is 10.2. The Morgan fingerprint density at radius 2 is 1.92 bits per heavy atom. The van der Waals surface area contributed by atoms with Crippen molar-refractivity contribution >= 4 is 16.7 Å². The summed E-state index contributed by atoms with van der Waals surface area (Å²) in [5, 5.41) is 14.3. The van der Waals surface area contributed by atoms with Crippen molar-refractivity contribution in [3.8, 4) is 11.5 Å². The molecule has 8 heteroatoms. The lowest BCUT2D eigenvalue weighted by Gasteiger charge is -2.37. The van der Waals surface area contributed by atoms with E-state index in [1.165, 1.54) is 0 Å². The van der Waals surface area contributed by atoms with Crippen molar-refractivity contribution < 1.29 is 18.8 Å². The number of fused-ring (bicyclic) bond motifs is 1. The number of aliphatic hydroxyl groups excluding tert-OH is 1. The van der Waals surface area contributed by atoms with Crippen molar-refractivity contribution in [1.29, 1.82) is 0 Å². The van der Waals surface area contributed by atoms with Gasteiger partial charge in [-0.3, -0.25) is 0 Å². The van der Waals surface area contributed by atoms with Gasteiger partial charge >= 0.3 is 0 Å². The molecule has 136 valence electrons. The Labute approximate surface area is 149 Å². The van der Waals surface area contributed by atoms with Crippen LogP contribution in [0.15, 0.2) is 29.0 Å². The highest BCUT2D eigenvalue weighted by molar-refractivity contribution is 5.93. The Hall–Kier alpha value is -2.58. The smallest absolute Gasteiger partial charge is 0.205 e. The van der Waals surface area contributed by atoms with Crippen LogP contribution in [0.4, 0.5) is 10.1 Å². The molecule has 0 amide bonds. The molecule has 2 aromatic heterocycles. The van der Waals surface area contributed by atoms with Gasteiger partial charge in [0.1, 0.15) is 0 Å². The topological polar surface area (TPSA) is 84.5 Å². The average Bonchev–Trinajstić information content (AvgIpc) is 3.05. The second-order valence-corrected chi connectivity index (χ2v) is 6.50. The molecule has 3 aromatic rings. The quantitative estimate of drug-likeness (QED) is 0.770. The first-order chi connectivity index (χ1) is 12.6. The standard InChI is InChI=1S/C18H19FN4O3/c1-10-7-23(8-11(2)25-10)16-12(9-24)6-13-15(18-20-4-3-5-21-18)22-26-17(13)14(16)19/h3-6,10-11,24H,7-9H2,1-2H3/t10-,11+. The third-order valence-electron chi connectivity index (χ3n) is 4.44. The number of anilines is 1. The van der Waals surface area contributed by atoms with Gasteiger partial charge in [-0.15, -0.1) is 0 Å². The highest BCUT2D eigenvalue weighted by atomic mass is 19.1. The van der Waals surface area contributed by atoms with Crippen molar-refractivity contribution in [2.75, 3.05) is 18.0 Å². The van der Waals surface area contributed by atoms with E-state index in [4.69, 9.17) is 9.26 Å². The van der Waals surface area contributed by atoms with E-state index in [1.54, 1.807) is 24.5 Å². The molecule has 1 aromatic carbocycles. The maximum absolute atomic E-state index is 15.3. The second-order valence-electron chi connectivity index (χ2n) is 6.50. The summed E-state index contributed by atoms with van der Waals surface area (Å²) in [6.07, 6.45) is 3.08. The first kappa shape index (κ1) is 16.9. The van der Waals surface area contributed by atoms with Crippen molar-refractivity contribution in [2.24, 2.45) is 0 Å². The van der Waals surface area contributed by atoms with Crippen molar-refractivity contribution in [1.82, 2.24) is 15.1 Å². The van der Waals surface area contributed by atoms with Gasteiger partial charge in [0.2, 0.25) is 5.58 Å². The van der Waals surface area contributed by atoms with E-state index >= 15 is 4.39 Å². The maximum atomic E-state index is 15.3. The largest absolute Gasteiger partial charge is 0.392 e. The SMILES string of the molecule is C[C@@H]1CN(c2c(CO)cc3c(-c4ncccn4)noc3c2F)C[C@H](C)O1. The molecule has 0 aliphatic carbocycles. The number of rotatable bonds is 3. The van der Waals surface area contributed by atoms with E-state index in [0.29, 0.717) is 41.2 Å². The molecular formula is C18H19FN4O3. The Balaban J connectivity index is 1.86. The molecule has 3 heterocycles. The number of nitrogens with zero attached hydrogens (tertiary/aromatic N) is 4. The van der Waals surface area contributed by atoms with Crippen LogP contribution in [-0.4, -0.2) is 45.5 Å². The van der Waals surface area contributed by atoms with Crippen LogP contribution in [0.3, 0.4) is 0 Å². The van der Waals surface area contributed by atoms with Crippen LogP contribution in [0.1, 0.15) is 19.4 Å². The minimum absolute atomic E-state index is 0.0338. The first-order valence-electron chi connectivity index (χ1n) is 8.48. The number of hydrogen-bond donors (Lipinski definition) is 1. The van der Waals surface area contributed by atoms with Crippen LogP contribution in [-0.2, 0) is 11.3 Å². The molecule has 0 radical (unpaired) electrons. The molecule has 0 spiro atoms. The summed E-state index contributed by atoms with van der Waals surface area (Å²) in [5.41, 5.74) is 1.19. The maximum Gasteiger partial charge on any atom is 0.205 e. The molecule has 26 heavy (non-hydrogen) atoms. The highest BCUT2D eigenvalue weighted by Gasteiger charge is 2.29. The number of halogens is 1. The Kier molecular flexibility index (Phi) is 4.29. The predicted molar refractivity (Wildman–Crippen MR) is 93.1 cm³/mol. The number of aromatic nitrogens is 3. The first-order valence-corrected chi connectivity index (χ1v) is 8.48. The number of morpholine rings is 1. The molecule has 1 saturated heterocycles. The third kappa shape index (κ3) is 2.81. The fourth-order valence-corrected chi connectivity index (χ4v) is 3.49. The number of benzene rings is 1. The van der Waals surface area contributed by atoms with Crippen molar-refractivity contribution in [3.05, 3.63) is 35.9 Å². The molecule has 0 bridgehead atoms. The Bertz CT molecular complexity index is 921. The lowest BCUT2D eigenvalue weighted by atomic mass is 10.1. The molecule has 7 nitrogen and oxygen atoms in total. The predicted octanol–water partition coefficient (Wildman–Crippen LogP) is 2.53. The molecule has 2 atom stereocenters. The summed E-state index contributed by atoms with van der Waals surface area (Å²) >= 11 is 0. The van der Waals surface area contributed by atoms with Gasteiger partial charge in [-0.2, -0.15) is 0 Å². The minimum Gasteiger partial charge on any atom is -0.392 e. The van der Waals surface area contributed by atoms with Gasteiger partial charge in [0.05, 0.1) is 29.9 Å². The Morgan fingerprint density at radius 3 is 2.58 bits per heavy atom. The second kappa shape index (κ2) is 6.62. The molecule has 4 rings (SSSR count). The number of ether oxygens (including phenoxy) is 1. The van der Waals surface area contributed by atoms with Crippen LogP contribution >= 0.6 is 0 Å². The van der Waals surface area contributed by atoms with E-state index in [9.17, 15) is 5.11 Å². The van der Waals surface area contributed by atoms with Gasteiger partial charge in [-0.1, -0.05) is 5.16 Å². The van der Waals surface area contributed by atoms with Crippen LogP contribution in [0, 0.1) is 5.82 Å². The summed E-state index contributed by atoms with van der Waals surface area (Å²) in [7, 11) is 0. The highest BCUT2D eigenvalue weighted by Crippen LogP contribution is 2.36. The van der Waals surface area contributed by atoms with Gasteiger partial charge in [0.15, 0.2) is 17.3 Å². The van der Waals surface area contributed by atoms with E-state index in [1.807, 2.05) is 18.7 Å². The molecule has 0 unspecified atom stereocenters. The number of aliphatic hydroxyl groups is 1. The van der Waals surface area contributed by atoms with Gasteiger partial charge in [-0.25, -0.2) is 14.4 Å². The Morgan fingerprint density at radius 1 is 1.23 bits per heavy atom. The zero-order valence-electron chi connectivity index (χ0n) is 14.5. The molecule has 1 N–H and O–H groups in total. The zero-order chi connectivity index (χ0) is 18.3. The van der Waals surface area contributed by atoms with Crippen LogP contribution < -0.4 is 4.90 Å². The molecule has 0 saturated carbocycles. The third-order valence-corrected chi connectivity index (χ3v) is 4.44. The summed E-state index contributed by atoms with van der Waals surface area (Å²) < 4.78 is 26.3. The zero-order valence-corrected chi connectivity index (χ0v) is 14.5. The van der Waals surface area contributed by atoms with E-state index in [2.05, 4.69) is 15.1 Å². The summed E-state index contributed by atoms with van der Waals surface area (Å²) in [6.45, 7) is 4.64. The van der Waals surface area contributed by atoms with Gasteiger partial charge in [0.25, 0.3) is 0 Å². The molecule has 1 aliphatic heterocycles. The van der Waals surface area contributed by atoms with Gasteiger partial charge in [-0.05, 0) is 26.0 Å². The fourth-order valence-electron chi connectivity index (χ4n) is 3.49. The summed E-state index contributed by atoms with van der Waals surface area (Å²) in [6, 6.07) is 3.38. The lowest BCUT2D eigenvalue weighted by molar-refractivity contribution is -0.00549. The van der Waals surface area contributed by atoms with Gasteiger partial charge in [0, 0.05) is 31.0 Å². The molecule has 1 fully saturated rings. The van der Waals surface area contributed by atoms with Crippen LogP contribution in [0.2, 0.25) is 0 Å². The molecule has 1 aliphatic rings. The van der Waals surface area contributed by atoms with Crippen molar-refractivity contribution in [2.45, 2.75) is 32.7 Å². The van der Waals surface area contributed by atoms with Gasteiger partial charge < -0.3 is 19.3 Å². The van der Waals surface area contributed by atoms with Crippen molar-refractivity contribution in [3.63, 3.8) is 0 Å². The van der Waals surface area contributed by atoms with E-state index < -0.39 is 5.82 Å². The normalized spacial score (nSPS) is 20.7. The molecular weight excluding hydrogens is 339 g/mol. The lowest BCUT2D eigenvalue weighted by Crippen LogP contribution is -2.46.